The molecule has 4 amide bonds. The fourth-order valence-corrected chi connectivity index (χ4v) is 8.32. The number of halogens is 1. The van der Waals surface area contributed by atoms with E-state index in [-0.39, 0.29) is 36.0 Å². The van der Waals surface area contributed by atoms with Gasteiger partial charge in [0.25, 0.3) is 17.7 Å². The largest absolute Gasteiger partial charge is 0.444 e. The minimum absolute atomic E-state index is 0.0123. The molecule has 1 saturated carbocycles. The normalized spacial score (nSPS) is 16.8. The lowest BCUT2D eigenvalue weighted by Gasteiger charge is -2.53. The summed E-state index contributed by atoms with van der Waals surface area (Å²) in [6.45, 7) is 10.6. The summed E-state index contributed by atoms with van der Waals surface area (Å²) < 4.78 is 24.8. The minimum atomic E-state index is -0.561. The third kappa shape index (κ3) is 8.18. The number of benzene rings is 2. The summed E-state index contributed by atoms with van der Waals surface area (Å²) in [5.41, 5.74) is 4.43. The smallest absolute Gasteiger partial charge is 0.410 e. The van der Waals surface area contributed by atoms with Crippen molar-refractivity contribution >= 4 is 29.5 Å². The van der Waals surface area contributed by atoms with Crippen molar-refractivity contribution in [3.63, 3.8) is 0 Å². The maximum atomic E-state index is 15.4. The highest BCUT2D eigenvalue weighted by Crippen LogP contribution is 2.49. The van der Waals surface area contributed by atoms with Crippen molar-refractivity contribution in [2.75, 3.05) is 39.0 Å². The molecule has 4 aromatic rings. The van der Waals surface area contributed by atoms with Crippen LogP contribution in [0.5, 0.6) is 0 Å². The standard InChI is InChI=1S/C43H53FN8O5/c1-28-34(26-46-52(28)33-16-20-49(21-17-33)41(56)57-42(2,3)4)38(53)47-32-13-12-31(35(44)24-32)25-45-39(54)36-14-15-37-43(18-7-19-43)50(22-23-51(36)37)27-29-8-10-30(11-9-29)40(55)48(5)6/h8-15,24,26,33H,7,16-23,25,27H2,1-6H3,(H,45,54)(H,47,53). The molecule has 1 aliphatic carbocycles. The summed E-state index contributed by atoms with van der Waals surface area (Å²) in [5.74, 6) is -1.24. The fraction of sp³-hybridized carbons (Fsp3) is 0.465. The lowest BCUT2D eigenvalue weighted by atomic mass is 9.71. The predicted molar refractivity (Wildman–Crippen MR) is 213 cm³/mol. The number of carbonyl (C=O) groups excluding carboxylic acids is 4. The number of hydrogen-bond donors (Lipinski definition) is 2. The summed E-state index contributed by atoms with van der Waals surface area (Å²) in [7, 11) is 3.49. The van der Waals surface area contributed by atoms with Gasteiger partial charge in [-0.05, 0) is 102 Å². The van der Waals surface area contributed by atoms with Gasteiger partial charge in [0.1, 0.15) is 17.1 Å². The molecule has 14 heteroatoms. The second-order valence-electron chi connectivity index (χ2n) is 16.7. The molecule has 7 rings (SSSR count). The van der Waals surface area contributed by atoms with E-state index in [4.69, 9.17) is 4.74 Å². The van der Waals surface area contributed by atoms with Gasteiger partial charge >= 0.3 is 6.09 Å². The number of carbonyl (C=O) groups is 4. The lowest BCUT2D eigenvalue weighted by Crippen LogP contribution is -2.56. The third-order valence-electron chi connectivity index (χ3n) is 11.6. The molecule has 1 saturated heterocycles. The Balaban J connectivity index is 0.936. The van der Waals surface area contributed by atoms with Gasteiger partial charge in [-0.2, -0.15) is 5.10 Å². The van der Waals surface area contributed by atoms with E-state index >= 15 is 4.39 Å². The van der Waals surface area contributed by atoms with Crippen molar-refractivity contribution in [2.24, 2.45) is 0 Å². The second-order valence-corrected chi connectivity index (χ2v) is 16.7. The Kier molecular flexibility index (Phi) is 11.0. The minimum Gasteiger partial charge on any atom is -0.444 e. The zero-order chi connectivity index (χ0) is 40.6. The van der Waals surface area contributed by atoms with E-state index in [1.165, 1.54) is 12.3 Å². The highest BCUT2D eigenvalue weighted by Gasteiger charge is 2.48. The van der Waals surface area contributed by atoms with E-state index in [1.54, 1.807) is 36.0 Å². The van der Waals surface area contributed by atoms with Crippen molar-refractivity contribution in [3.05, 3.63) is 106 Å². The first-order valence-corrected chi connectivity index (χ1v) is 19.8. The van der Waals surface area contributed by atoms with Crippen molar-refractivity contribution < 1.29 is 28.3 Å². The van der Waals surface area contributed by atoms with Gasteiger partial charge in [0, 0.05) is 81.6 Å². The topological polar surface area (TPSA) is 134 Å². The van der Waals surface area contributed by atoms with E-state index in [0.717, 1.165) is 43.6 Å². The zero-order valence-corrected chi connectivity index (χ0v) is 33.7. The number of rotatable bonds is 9. The number of hydrogen-bond acceptors (Lipinski definition) is 7. The molecule has 0 bridgehead atoms. The molecular formula is C43H53FN8O5. The number of nitrogens with zero attached hydrogens (tertiary/aromatic N) is 6. The van der Waals surface area contributed by atoms with Crippen LogP contribution in [0, 0.1) is 12.7 Å². The van der Waals surface area contributed by atoms with Crippen LogP contribution in [-0.2, 0) is 29.9 Å². The second kappa shape index (κ2) is 15.8. The van der Waals surface area contributed by atoms with Gasteiger partial charge in [-0.25, -0.2) is 9.18 Å². The van der Waals surface area contributed by atoms with E-state index in [2.05, 4.69) is 31.3 Å². The Morgan fingerprint density at radius 1 is 0.947 bits per heavy atom. The van der Waals surface area contributed by atoms with Crippen LogP contribution < -0.4 is 10.6 Å². The van der Waals surface area contributed by atoms with Gasteiger partial charge in [0.15, 0.2) is 0 Å². The SMILES string of the molecule is Cc1c(C(=O)Nc2ccc(CNC(=O)c3ccc4n3CCN(Cc3ccc(C(=O)N(C)C)cc3)C43CCC3)c(F)c2)cnn1C1CCN(C(=O)OC(C)(C)C)CC1. The zero-order valence-electron chi connectivity index (χ0n) is 33.7. The average Bonchev–Trinajstić information content (AvgIpc) is 3.77. The summed E-state index contributed by atoms with van der Waals surface area (Å²) in [5, 5.41) is 10.2. The van der Waals surface area contributed by atoms with Crippen molar-refractivity contribution in [2.45, 2.75) is 96.6 Å². The van der Waals surface area contributed by atoms with E-state index < -0.39 is 17.3 Å². The van der Waals surface area contributed by atoms with Crippen LogP contribution in [0.2, 0.25) is 0 Å². The molecule has 302 valence electrons. The first-order valence-electron chi connectivity index (χ1n) is 19.8. The molecule has 3 aliphatic rings. The number of fused-ring (bicyclic) bond motifs is 2. The lowest BCUT2D eigenvalue weighted by molar-refractivity contribution is -0.0217. The van der Waals surface area contributed by atoms with Gasteiger partial charge < -0.3 is 29.7 Å². The fourth-order valence-electron chi connectivity index (χ4n) is 8.32. The molecule has 2 aromatic carbocycles. The van der Waals surface area contributed by atoms with Gasteiger partial charge in [-0.15, -0.1) is 0 Å². The summed E-state index contributed by atoms with van der Waals surface area (Å²) >= 11 is 0. The van der Waals surface area contributed by atoms with Gasteiger partial charge in [0.2, 0.25) is 0 Å². The number of aromatic nitrogens is 3. The molecule has 0 radical (unpaired) electrons. The molecule has 0 atom stereocenters. The summed E-state index contributed by atoms with van der Waals surface area (Å²) in [4.78, 5) is 57.4. The molecule has 2 aromatic heterocycles. The van der Waals surface area contributed by atoms with Gasteiger partial charge in [-0.3, -0.25) is 24.0 Å². The molecule has 2 aliphatic heterocycles. The Bertz CT molecular complexity index is 2160. The Hall–Kier alpha value is -5.50. The first-order chi connectivity index (χ1) is 27.1. The maximum absolute atomic E-state index is 15.4. The number of amides is 4. The van der Waals surface area contributed by atoms with Gasteiger partial charge in [-0.1, -0.05) is 18.2 Å². The summed E-state index contributed by atoms with van der Waals surface area (Å²) in [6, 6.07) is 16.2. The predicted octanol–water partition coefficient (Wildman–Crippen LogP) is 6.48. The van der Waals surface area contributed by atoms with E-state index in [0.29, 0.717) is 66.2 Å². The molecule has 0 unspecified atom stereocenters. The monoisotopic (exact) mass is 780 g/mol. The molecule has 4 heterocycles. The van der Waals surface area contributed by atoms with Crippen LogP contribution in [0.15, 0.2) is 60.8 Å². The first kappa shape index (κ1) is 39.7. The van der Waals surface area contributed by atoms with Crippen molar-refractivity contribution in [3.8, 4) is 0 Å². The Morgan fingerprint density at radius 3 is 2.30 bits per heavy atom. The summed E-state index contributed by atoms with van der Waals surface area (Å²) in [6.07, 6.45) is 5.66. The van der Waals surface area contributed by atoms with E-state index in [9.17, 15) is 19.2 Å². The average molecular weight is 781 g/mol. The van der Waals surface area contributed by atoms with Gasteiger partial charge in [0.05, 0.1) is 23.3 Å². The van der Waals surface area contributed by atoms with Crippen LogP contribution in [0.25, 0.3) is 0 Å². The Labute approximate surface area is 333 Å². The molecular weight excluding hydrogens is 728 g/mol. The maximum Gasteiger partial charge on any atom is 0.410 e. The highest BCUT2D eigenvalue weighted by atomic mass is 19.1. The van der Waals surface area contributed by atoms with Crippen LogP contribution >= 0.6 is 0 Å². The molecule has 2 N–H and O–H groups in total. The van der Waals surface area contributed by atoms with Crippen LogP contribution in [0.1, 0.15) is 113 Å². The third-order valence-corrected chi connectivity index (χ3v) is 11.6. The number of ether oxygens (including phenoxy) is 1. The van der Waals surface area contributed by atoms with Crippen LogP contribution in [0.4, 0.5) is 14.9 Å². The number of nitrogens with one attached hydrogen (secondary N) is 2. The molecule has 1 spiro atoms. The highest BCUT2D eigenvalue weighted by molar-refractivity contribution is 6.05. The number of anilines is 1. The Morgan fingerprint density at radius 2 is 1.67 bits per heavy atom. The molecule has 2 fully saturated rings. The molecule has 57 heavy (non-hydrogen) atoms. The van der Waals surface area contributed by atoms with Crippen molar-refractivity contribution in [1.82, 2.24) is 34.4 Å². The number of likely N-dealkylation sites (tertiary alicyclic amines) is 1. The van der Waals surface area contributed by atoms with Crippen molar-refractivity contribution in [1.29, 1.82) is 0 Å². The quantitative estimate of drug-likeness (QED) is 0.199. The van der Waals surface area contributed by atoms with Crippen LogP contribution in [-0.4, -0.2) is 92.2 Å². The number of piperidine rings is 1. The van der Waals surface area contributed by atoms with E-state index in [1.807, 2.05) is 62.7 Å². The molecule has 13 nitrogen and oxygen atoms in total. The van der Waals surface area contributed by atoms with Crippen LogP contribution in [0.3, 0.4) is 0 Å².